The van der Waals surface area contributed by atoms with Gasteiger partial charge >= 0.3 is 0 Å². The highest BCUT2D eigenvalue weighted by molar-refractivity contribution is 4.71. The van der Waals surface area contributed by atoms with E-state index in [-0.39, 0.29) is 6.29 Å². The second kappa shape index (κ2) is 6.61. The Morgan fingerprint density at radius 2 is 1.88 bits per heavy atom. The highest BCUT2D eigenvalue weighted by Gasteiger charge is 2.26. The molecule has 1 fully saturated rings. The molecule has 1 aliphatic rings. The summed E-state index contributed by atoms with van der Waals surface area (Å²) in [4.78, 5) is 0. The number of ether oxygens (including phenoxy) is 2. The van der Waals surface area contributed by atoms with Gasteiger partial charge in [0.05, 0.1) is 12.7 Å². The number of rotatable bonds is 4. The maximum absolute atomic E-state index is 5.92. The summed E-state index contributed by atoms with van der Waals surface area (Å²) in [6, 6.07) is 0. The Kier molecular flexibility index (Phi) is 5.77. The van der Waals surface area contributed by atoms with Gasteiger partial charge in [0.2, 0.25) is 0 Å². The first-order valence-corrected chi connectivity index (χ1v) is 6.76. The minimum absolute atomic E-state index is 0.0206. The minimum atomic E-state index is 0.0206. The van der Waals surface area contributed by atoms with Gasteiger partial charge in [0, 0.05) is 6.42 Å². The third kappa shape index (κ3) is 4.84. The van der Waals surface area contributed by atoms with Crippen LogP contribution in [0, 0.1) is 17.8 Å². The molecule has 0 aromatic rings. The van der Waals surface area contributed by atoms with Crippen molar-refractivity contribution >= 4 is 0 Å². The van der Waals surface area contributed by atoms with E-state index in [2.05, 4.69) is 34.6 Å². The van der Waals surface area contributed by atoms with Gasteiger partial charge in [-0.15, -0.1) is 0 Å². The molecule has 1 rings (SSSR count). The van der Waals surface area contributed by atoms with E-state index in [0.717, 1.165) is 24.9 Å². The average Bonchev–Trinajstić information content (AvgIpc) is 2.37. The molecule has 0 N–H and O–H groups in total. The van der Waals surface area contributed by atoms with Crippen LogP contribution in [0.3, 0.4) is 0 Å². The summed E-state index contributed by atoms with van der Waals surface area (Å²) < 4.78 is 11.8. The van der Waals surface area contributed by atoms with Gasteiger partial charge < -0.3 is 9.47 Å². The Morgan fingerprint density at radius 1 is 1.19 bits per heavy atom. The summed E-state index contributed by atoms with van der Waals surface area (Å²) in [7, 11) is 0. The third-order valence-electron chi connectivity index (χ3n) is 3.38. The van der Waals surface area contributed by atoms with Crippen molar-refractivity contribution in [2.45, 2.75) is 66.3 Å². The highest BCUT2D eigenvalue weighted by Crippen LogP contribution is 2.29. The van der Waals surface area contributed by atoms with Crippen LogP contribution < -0.4 is 0 Å². The number of hydrogen-bond acceptors (Lipinski definition) is 2. The molecule has 0 spiro atoms. The summed E-state index contributed by atoms with van der Waals surface area (Å²) in [5, 5.41) is 0. The molecule has 2 nitrogen and oxygen atoms in total. The zero-order chi connectivity index (χ0) is 12.1. The molecule has 2 heteroatoms. The highest BCUT2D eigenvalue weighted by atomic mass is 16.7. The minimum Gasteiger partial charge on any atom is -0.352 e. The van der Waals surface area contributed by atoms with E-state index in [1.807, 2.05) is 0 Å². The molecular formula is C14H28O2. The zero-order valence-electron chi connectivity index (χ0n) is 11.5. The van der Waals surface area contributed by atoms with Gasteiger partial charge in [-0.05, 0) is 37.5 Å². The fourth-order valence-electron chi connectivity index (χ4n) is 2.21. The molecule has 0 saturated carbocycles. The summed E-state index contributed by atoms with van der Waals surface area (Å²) in [5.41, 5.74) is 0. The van der Waals surface area contributed by atoms with Crippen molar-refractivity contribution < 1.29 is 9.47 Å². The van der Waals surface area contributed by atoms with Gasteiger partial charge in [0.15, 0.2) is 6.29 Å². The maximum atomic E-state index is 5.92. The molecule has 0 aromatic heterocycles. The Labute approximate surface area is 101 Å². The first-order valence-electron chi connectivity index (χ1n) is 6.76. The SMILES string of the molecule is CC(C)COC1C[C@H](C(C)C)CCC(C)O1. The molecule has 0 bridgehead atoms. The normalized spacial score (nSPS) is 32.1. The van der Waals surface area contributed by atoms with Crippen LogP contribution in [0.15, 0.2) is 0 Å². The van der Waals surface area contributed by atoms with Crippen molar-refractivity contribution in [2.75, 3.05) is 6.61 Å². The molecular weight excluding hydrogens is 200 g/mol. The van der Waals surface area contributed by atoms with Crippen LogP contribution in [-0.4, -0.2) is 19.0 Å². The summed E-state index contributed by atoms with van der Waals surface area (Å²) in [5.74, 6) is 2.07. The molecule has 0 aliphatic carbocycles. The fraction of sp³-hybridized carbons (Fsp3) is 1.00. The molecule has 1 aliphatic heterocycles. The van der Waals surface area contributed by atoms with Gasteiger partial charge in [-0.3, -0.25) is 0 Å². The first-order chi connectivity index (χ1) is 7.49. The quantitative estimate of drug-likeness (QED) is 0.727. The van der Waals surface area contributed by atoms with Crippen LogP contribution >= 0.6 is 0 Å². The van der Waals surface area contributed by atoms with E-state index < -0.39 is 0 Å². The summed E-state index contributed by atoms with van der Waals surface area (Å²) in [6.45, 7) is 11.9. The van der Waals surface area contributed by atoms with Gasteiger partial charge in [-0.25, -0.2) is 0 Å². The number of hydrogen-bond donors (Lipinski definition) is 0. The Hall–Kier alpha value is -0.0800. The van der Waals surface area contributed by atoms with Crippen molar-refractivity contribution in [3.63, 3.8) is 0 Å². The molecule has 1 saturated heterocycles. The lowest BCUT2D eigenvalue weighted by atomic mass is 9.88. The van der Waals surface area contributed by atoms with Crippen molar-refractivity contribution in [3.8, 4) is 0 Å². The molecule has 0 radical (unpaired) electrons. The molecule has 3 atom stereocenters. The Morgan fingerprint density at radius 3 is 2.44 bits per heavy atom. The predicted octanol–water partition coefficient (Wildman–Crippen LogP) is 3.85. The second-order valence-electron chi connectivity index (χ2n) is 5.92. The largest absolute Gasteiger partial charge is 0.352 e. The molecule has 0 amide bonds. The van der Waals surface area contributed by atoms with Crippen LogP contribution in [0.25, 0.3) is 0 Å². The van der Waals surface area contributed by atoms with Gasteiger partial charge in [0.25, 0.3) is 0 Å². The maximum Gasteiger partial charge on any atom is 0.158 e. The summed E-state index contributed by atoms with van der Waals surface area (Å²) in [6.07, 6.45) is 3.88. The smallest absolute Gasteiger partial charge is 0.158 e. The molecule has 0 aromatic carbocycles. The summed E-state index contributed by atoms with van der Waals surface area (Å²) >= 11 is 0. The monoisotopic (exact) mass is 228 g/mol. The van der Waals surface area contributed by atoms with E-state index in [9.17, 15) is 0 Å². The predicted molar refractivity (Wildman–Crippen MR) is 67.3 cm³/mol. The van der Waals surface area contributed by atoms with E-state index in [0.29, 0.717) is 12.0 Å². The van der Waals surface area contributed by atoms with Gasteiger partial charge in [-0.2, -0.15) is 0 Å². The van der Waals surface area contributed by atoms with Crippen LogP contribution in [0.5, 0.6) is 0 Å². The Balaban J connectivity index is 2.46. The third-order valence-corrected chi connectivity index (χ3v) is 3.38. The van der Waals surface area contributed by atoms with Crippen molar-refractivity contribution in [2.24, 2.45) is 17.8 Å². The van der Waals surface area contributed by atoms with E-state index in [1.54, 1.807) is 0 Å². The standard InChI is InChI=1S/C14H28O2/c1-10(2)9-15-14-8-13(11(3)4)7-6-12(5)16-14/h10-14H,6-9H2,1-5H3/t12?,13-,14?/m1/s1. The second-order valence-corrected chi connectivity index (χ2v) is 5.92. The van der Waals surface area contributed by atoms with Crippen LogP contribution in [0.2, 0.25) is 0 Å². The van der Waals surface area contributed by atoms with Crippen molar-refractivity contribution in [1.29, 1.82) is 0 Å². The fourth-order valence-corrected chi connectivity index (χ4v) is 2.21. The van der Waals surface area contributed by atoms with Crippen LogP contribution in [0.1, 0.15) is 53.9 Å². The lowest BCUT2D eigenvalue weighted by molar-refractivity contribution is -0.172. The zero-order valence-corrected chi connectivity index (χ0v) is 11.5. The topological polar surface area (TPSA) is 18.5 Å². The molecule has 96 valence electrons. The van der Waals surface area contributed by atoms with E-state index >= 15 is 0 Å². The first kappa shape index (κ1) is 14.0. The Bertz CT molecular complexity index is 189. The average molecular weight is 228 g/mol. The van der Waals surface area contributed by atoms with Crippen LogP contribution in [-0.2, 0) is 9.47 Å². The van der Waals surface area contributed by atoms with Gasteiger partial charge in [-0.1, -0.05) is 27.7 Å². The van der Waals surface area contributed by atoms with E-state index in [1.165, 1.54) is 12.8 Å². The lowest BCUT2D eigenvalue weighted by Gasteiger charge is -2.24. The van der Waals surface area contributed by atoms with Gasteiger partial charge in [0.1, 0.15) is 0 Å². The molecule has 2 unspecified atom stereocenters. The van der Waals surface area contributed by atoms with E-state index in [4.69, 9.17) is 9.47 Å². The lowest BCUT2D eigenvalue weighted by Crippen LogP contribution is -2.24. The molecule has 1 heterocycles. The van der Waals surface area contributed by atoms with Crippen molar-refractivity contribution in [3.05, 3.63) is 0 Å². The molecule has 16 heavy (non-hydrogen) atoms. The van der Waals surface area contributed by atoms with Crippen LogP contribution in [0.4, 0.5) is 0 Å². The van der Waals surface area contributed by atoms with Crippen molar-refractivity contribution in [1.82, 2.24) is 0 Å².